The van der Waals surface area contributed by atoms with Crippen molar-refractivity contribution >= 4 is 44.3 Å². The van der Waals surface area contributed by atoms with Crippen LogP contribution in [0.15, 0.2) is 71.6 Å². The molecule has 5 rings (SSSR count). The maximum absolute atomic E-state index is 14.5. The molecule has 2 heterocycles. The summed E-state index contributed by atoms with van der Waals surface area (Å²) in [6.07, 6.45) is 0.563. The van der Waals surface area contributed by atoms with Gasteiger partial charge in [-0.25, -0.2) is 18.0 Å². The summed E-state index contributed by atoms with van der Waals surface area (Å²) in [4.78, 5) is 28.6. The van der Waals surface area contributed by atoms with Gasteiger partial charge < -0.3 is 24.6 Å². The average Bonchev–Trinajstić information content (AvgIpc) is 2.98. The Hall–Kier alpha value is -3.83. The van der Waals surface area contributed by atoms with Crippen molar-refractivity contribution in [2.24, 2.45) is 0 Å². The van der Waals surface area contributed by atoms with Crippen molar-refractivity contribution in [3.8, 4) is 0 Å². The third-order valence-electron chi connectivity index (χ3n) is 7.29. The number of carbonyl (C=O) groups excluding carboxylic acids is 2. The Kier molecular flexibility index (Phi) is 8.41. The molecule has 0 radical (unpaired) electrons. The van der Waals surface area contributed by atoms with Crippen molar-refractivity contribution in [1.82, 2.24) is 9.80 Å². The Morgan fingerprint density at radius 1 is 0.900 bits per heavy atom. The number of ether oxygens (including phenoxy) is 2. The fourth-order valence-electron chi connectivity index (χ4n) is 5.30. The number of fused-ring (bicyclic) bond motifs is 1. The van der Waals surface area contributed by atoms with E-state index in [1.54, 1.807) is 59.2 Å². The molecule has 0 atom stereocenters. The quantitative estimate of drug-likeness (QED) is 0.470. The molecule has 3 amide bonds. The van der Waals surface area contributed by atoms with Crippen molar-refractivity contribution in [2.75, 3.05) is 55.6 Å². The number of hydrogen-bond acceptors (Lipinski definition) is 6. The van der Waals surface area contributed by atoms with Crippen LogP contribution in [-0.2, 0) is 19.5 Å². The molecule has 11 heteroatoms. The number of amides is 3. The lowest BCUT2D eigenvalue weighted by atomic mass is 10.0. The number of nitrogens with one attached hydrogen (secondary N) is 1. The molecule has 0 saturated carbocycles. The second-order valence-electron chi connectivity index (χ2n) is 9.74. The van der Waals surface area contributed by atoms with Crippen LogP contribution in [0.25, 0.3) is 10.8 Å². The molecule has 0 aliphatic carbocycles. The zero-order valence-corrected chi connectivity index (χ0v) is 23.3. The Bertz CT molecular complexity index is 1450. The minimum atomic E-state index is -4.04. The molecule has 0 bridgehead atoms. The number of hydrogen-bond donors (Lipinski definition) is 1. The highest BCUT2D eigenvalue weighted by Gasteiger charge is 2.36. The lowest BCUT2D eigenvalue weighted by Crippen LogP contribution is -2.49. The SMILES string of the molecule is CCOC(=O)N1CCC(N(c2ccccc2)S(=O)(=O)c2cccc3c(NC(=O)N4CCOCC4)cccc23)CC1. The number of urea groups is 1. The zero-order chi connectivity index (χ0) is 28.1. The first kappa shape index (κ1) is 27.7. The van der Waals surface area contributed by atoms with Gasteiger partial charge in [-0.2, -0.15) is 0 Å². The second-order valence-corrected chi connectivity index (χ2v) is 11.5. The van der Waals surface area contributed by atoms with Crippen molar-refractivity contribution < 1.29 is 27.5 Å². The van der Waals surface area contributed by atoms with Crippen LogP contribution in [0, 0.1) is 0 Å². The maximum Gasteiger partial charge on any atom is 0.409 e. The predicted molar refractivity (Wildman–Crippen MR) is 153 cm³/mol. The maximum atomic E-state index is 14.5. The summed E-state index contributed by atoms with van der Waals surface area (Å²) in [5.41, 5.74) is 1.10. The average molecular weight is 567 g/mol. The van der Waals surface area contributed by atoms with E-state index in [1.807, 2.05) is 24.3 Å². The van der Waals surface area contributed by atoms with Crippen LogP contribution in [0.4, 0.5) is 21.0 Å². The molecule has 3 aromatic carbocycles. The van der Waals surface area contributed by atoms with E-state index < -0.39 is 10.0 Å². The number of benzene rings is 3. The number of likely N-dealkylation sites (tertiary alicyclic amines) is 1. The topological polar surface area (TPSA) is 108 Å². The molecule has 1 N–H and O–H groups in total. The number of rotatable bonds is 6. The normalized spacial score (nSPS) is 16.5. The van der Waals surface area contributed by atoms with Gasteiger partial charge in [0.2, 0.25) is 0 Å². The van der Waals surface area contributed by atoms with E-state index in [-0.39, 0.29) is 23.1 Å². The third kappa shape index (κ3) is 5.71. The van der Waals surface area contributed by atoms with Crippen LogP contribution in [0.2, 0.25) is 0 Å². The number of para-hydroxylation sites is 1. The molecule has 2 aliphatic rings. The summed E-state index contributed by atoms with van der Waals surface area (Å²) in [5.74, 6) is 0. The van der Waals surface area contributed by atoms with Crippen molar-refractivity contribution in [1.29, 1.82) is 0 Å². The van der Waals surface area contributed by atoms with Crippen LogP contribution in [0.1, 0.15) is 19.8 Å². The van der Waals surface area contributed by atoms with E-state index in [4.69, 9.17) is 9.47 Å². The van der Waals surface area contributed by atoms with Gasteiger partial charge in [-0.3, -0.25) is 4.31 Å². The van der Waals surface area contributed by atoms with Crippen LogP contribution >= 0.6 is 0 Å². The summed E-state index contributed by atoms with van der Waals surface area (Å²) in [7, 11) is -4.04. The van der Waals surface area contributed by atoms with E-state index in [9.17, 15) is 18.0 Å². The first-order valence-electron chi connectivity index (χ1n) is 13.6. The van der Waals surface area contributed by atoms with Gasteiger partial charge in [-0.15, -0.1) is 0 Å². The van der Waals surface area contributed by atoms with Crippen LogP contribution < -0.4 is 9.62 Å². The fourth-order valence-corrected chi connectivity index (χ4v) is 7.22. The molecule has 2 saturated heterocycles. The van der Waals surface area contributed by atoms with Gasteiger partial charge in [0.25, 0.3) is 10.0 Å². The van der Waals surface area contributed by atoms with Gasteiger partial charge in [0.1, 0.15) is 0 Å². The Balaban J connectivity index is 1.48. The summed E-state index contributed by atoms with van der Waals surface area (Å²) in [6.45, 7) is 4.82. The predicted octanol–water partition coefficient (Wildman–Crippen LogP) is 4.52. The van der Waals surface area contributed by atoms with Crippen molar-refractivity contribution in [2.45, 2.75) is 30.7 Å². The molecule has 212 valence electrons. The molecule has 10 nitrogen and oxygen atoms in total. The Morgan fingerprint density at radius 3 is 2.27 bits per heavy atom. The molecule has 2 aliphatic heterocycles. The van der Waals surface area contributed by atoms with E-state index in [0.29, 0.717) is 81.0 Å². The minimum Gasteiger partial charge on any atom is -0.450 e. The standard InChI is InChI=1S/C29H34N4O6S/c1-2-39-29(35)32-16-14-23(15-17-32)33(22-8-4-3-5-9-22)40(36,37)27-13-7-10-24-25(27)11-6-12-26(24)30-28(34)31-18-20-38-21-19-31/h3-13,23H,2,14-21H2,1H3,(H,30,34). The number of anilines is 2. The van der Waals surface area contributed by atoms with Gasteiger partial charge in [-0.05, 0) is 44.0 Å². The van der Waals surface area contributed by atoms with E-state index in [0.717, 1.165) is 0 Å². The van der Waals surface area contributed by atoms with Gasteiger partial charge in [0, 0.05) is 43.0 Å². The number of sulfonamides is 1. The van der Waals surface area contributed by atoms with Gasteiger partial charge in [0.05, 0.1) is 36.1 Å². The second kappa shape index (κ2) is 12.1. The molecule has 3 aromatic rings. The minimum absolute atomic E-state index is 0.157. The summed E-state index contributed by atoms with van der Waals surface area (Å²) >= 11 is 0. The number of carbonyl (C=O) groups is 2. The molecular weight excluding hydrogens is 532 g/mol. The zero-order valence-electron chi connectivity index (χ0n) is 22.5. The number of morpholine rings is 1. The Morgan fingerprint density at radius 2 is 1.57 bits per heavy atom. The first-order valence-corrected chi connectivity index (χ1v) is 15.0. The number of nitrogens with zero attached hydrogens (tertiary/aromatic N) is 3. The lowest BCUT2D eigenvalue weighted by molar-refractivity contribution is 0.0565. The fraction of sp³-hybridized carbons (Fsp3) is 0.379. The van der Waals surface area contributed by atoms with Crippen molar-refractivity contribution in [3.05, 3.63) is 66.7 Å². The van der Waals surface area contributed by atoms with E-state index in [1.165, 1.54) is 4.31 Å². The van der Waals surface area contributed by atoms with Crippen molar-refractivity contribution in [3.63, 3.8) is 0 Å². The highest BCUT2D eigenvalue weighted by molar-refractivity contribution is 7.93. The van der Waals surface area contributed by atoms with Gasteiger partial charge in [0.15, 0.2) is 0 Å². The summed E-state index contributed by atoms with van der Waals surface area (Å²) < 4.78 is 40.9. The Labute approximate surface area is 234 Å². The van der Waals surface area contributed by atoms with Crippen LogP contribution in [0.3, 0.4) is 0 Å². The van der Waals surface area contributed by atoms with Crippen LogP contribution in [-0.4, -0.2) is 82.4 Å². The van der Waals surface area contributed by atoms with Crippen LogP contribution in [0.5, 0.6) is 0 Å². The lowest BCUT2D eigenvalue weighted by Gasteiger charge is -2.38. The third-order valence-corrected chi connectivity index (χ3v) is 9.23. The summed E-state index contributed by atoms with van der Waals surface area (Å²) in [5, 5.41) is 4.11. The van der Waals surface area contributed by atoms with E-state index >= 15 is 0 Å². The summed E-state index contributed by atoms with van der Waals surface area (Å²) in [6, 6.07) is 18.9. The highest BCUT2D eigenvalue weighted by atomic mass is 32.2. The molecule has 2 fully saturated rings. The molecular formula is C29H34N4O6S. The van der Waals surface area contributed by atoms with Gasteiger partial charge in [-0.1, -0.05) is 42.5 Å². The molecule has 0 aromatic heterocycles. The smallest absolute Gasteiger partial charge is 0.409 e. The van der Waals surface area contributed by atoms with Gasteiger partial charge >= 0.3 is 12.1 Å². The largest absolute Gasteiger partial charge is 0.450 e. The molecule has 0 spiro atoms. The molecule has 40 heavy (non-hydrogen) atoms. The number of piperidine rings is 1. The monoisotopic (exact) mass is 566 g/mol. The molecule has 0 unspecified atom stereocenters. The first-order chi connectivity index (χ1) is 19.4. The van der Waals surface area contributed by atoms with E-state index in [2.05, 4.69) is 5.32 Å². The highest BCUT2D eigenvalue weighted by Crippen LogP contribution is 2.35.